The Kier molecular flexibility index (Phi) is 6.68. The van der Waals surface area contributed by atoms with Gasteiger partial charge in [0.1, 0.15) is 10.6 Å². The van der Waals surface area contributed by atoms with E-state index in [1.54, 1.807) is 12.1 Å². The van der Waals surface area contributed by atoms with Crippen LogP contribution in [0.2, 0.25) is 0 Å². The Morgan fingerprint density at radius 1 is 1.12 bits per heavy atom. The molecule has 9 heteroatoms. The van der Waals surface area contributed by atoms with Gasteiger partial charge in [0.2, 0.25) is 15.9 Å². The van der Waals surface area contributed by atoms with Crippen molar-refractivity contribution >= 4 is 27.3 Å². The Morgan fingerprint density at radius 2 is 1.91 bits per heavy atom. The molecule has 172 valence electrons. The molecule has 1 amide bonds. The monoisotopic (exact) mass is 459 g/mol. The van der Waals surface area contributed by atoms with Crippen LogP contribution in [0.5, 0.6) is 5.75 Å². The molecule has 0 saturated carbocycles. The van der Waals surface area contributed by atoms with Gasteiger partial charge in [-0.1, -0.05) is 12.1 Å². The number of methoxy groups -OCH3 is 1. The lowest BCUT2D eigenvalue weighted by Gasteiger charge is -2.26. The molecule has 2 heterocycles. The van der Waals surface area contributed by atoms with Gasteiger partial charge in [0.05, 0.1) is 26.7 Å². The van der Waals surface area contributed by atoms with Gasteiger partial charge in [-0.05, 0) is 48.7 Å². The van der Waals surface area contributed by atoms with Gasteiger partial charge in [0, 0.05) is 37.6 Å². The lowest BCUT2D eigenvalue weighted by molar-refractivity contribution is -0.115. The minimum atomic E-state index is -3.75. The Balaban J connectivity index is 1.51. The van der Waals surface area contributed by atoms with Crippen molar-refractivity contribution < 1.29 is 22.7 Å². The van der Waals surface area contributed by atoms with Gasteiger partial charge in [0.15, 0.2) is 0 Å². The summed E-state index contributed by atoms with van der Waals surface area (Å²) in [4.78, 5) is 15.1. The van der Waals surface area contributed by atoms with E-state index in [-0.39, 0.29) is 23.0 Å². The van der Waals surface area contributed by atoms with Gasteiger partial charge in [-0.2, -0.15) is 4.31 Å². The van der Waals surface area contributed by atoms with Gasteiger partial charge in [-0.15, -0.1) is 0 Å². The highest BCUT2D eigenvalue weighted by atomic mass is 32.2. The van der Waals surface area contributed by atoms with Crippen molar-refractivity contribution in [3.8, 4) is 5.75 Å². The highest BCUT2D eigenvalue weighted by Crippen LogP contribution is 2.31. The average molecular weight is 460 g/mol. The summed E-state index contributed by atoms with van der Waals surface area (Å²) in [6, 6.07) is 10.8. The van der Waals surface area contributed by atoms with Crippen LogP contribution in [-0.4, -0.2) is 65.1 Å². The van der Waals surface area contributed by atoms with Crippen molar-refractivity contribution in [3.63, 3.8) is 0 Å². The van der Waals surface area contributed by atoms with Crippen LogP contribution in [0.3, 0.4) is 0 Å². The fourth-order valence-electron chi connectivity index (χ4n) is 4.20. The van der Waals surface area contributed by atoms with Crippen LogP contribution in [0.15, 0.2) is 41.3 Å². The first-order chi connectivity index (χ1) is 15.4. The summed E-state index contributed by atoms with van der Waals surface area (Å²) in [5.41, 5.74) is 3.79. The molecule has 2 aromatic carbocycles. The zero-order valence-corrected chi connectivity index (χ0v) is 19.3. The third-order valence-electron chi connectivity index (χ3n) is 5.92. The SMILES string of the molecule is CCN1CCc2ccc(NC(=O)Cc3ccc(OC)c(S(=O)(=O)N4CCOCC4)c3)cc21. The molecular weight excluding hydrogens is 430 g/mol. The number of ether oxygens (including phenoxy) is 2. The van der Waals surface area contributed by atoms with E-state index in [4.69, 9.17) is 9.47 Å². The van der Waals surface area contributed by atoms with E-state index in [0.717, 1.165) is 30.9 Å². The van der Waals surface area contributed by atoms with E-state index < -0.39 is 10.0 Å². The summed E-state index contributed by atoms with van der Waals surface area (Å²) >= 11 is 0. The first-order valence-electron chi connectivity index (χ1n) is 10.8. The van der Waals surface area contributed by atoms with Crippen LogP contribution < -0.4 is 15.0 Å². The number of carbonyl (C=O) groups excluding carboxylic acids is 1. The predicted molar refractivity (Wildman–Crippen MR) is 123 cm³/mol. The van der Waals surface area contributed by atoms with Gasteiger partial charge in [-0.3, -0.25) is 4.79 Å². The van der Waals surface area contributed by atoms with Gasteiger partial charge in [0.25, 0.3) is 0 Å². The summed E-state index contributed by atoms with van der Waals surface area (Å²) in [6.07, 6.45) is 1.08. The second-order valence-electron chi connectivity index (χ2n) is 7.90. The Labute approximate surface area is 189 Å². The molecule has 1 saturated heterocycles. The van der Waals surface area contributed by atoms with E-state index in [0.29, 0.717) is 31.9 Å². The number of benzene rings is 2. The summed E-state index contributed by atoms with van der Waals surface area (Å²) < 4.78 is 38.3. The maximum Gasteiger partial charge on any atom is 0.246 e. The first-order valence-corrected chi connectivity index (χ1v) is 12.3. The smallest absolute Gasteiger partial charge is 0.246 e. The Bertz CT molecular complexity index is 1100. The van der Waals surface area contributed by atoms with E-state index in [1.807, 2.05) is 12.1 Å². The number of sulfonamides is 1. The molecule has 32 heavy (non-hydrogen) atoms. The number of fused-ring (bicyclic) bond motifs is 1. The topological polar surface area (TPSA) is 88.2 Å². The van der Waals surface area contributed by atoms with Crippen molar-refractivity contribution in [1.82, 2.24) is 4.31 Å². The van der Waals surface area contributed by atoms with Crippen LogP contribution in [0, 0.1) is 0 Å². The molecular formula is C23H29N3O5S. The highest BCUT2D eigenvalue weighted by Gasteiger charge is 2.29. The molecule has 0 aromatic heterocycles. The molecule has 2 aliphatic rings. The standard InChI is InChI=1S/C23H29N3O5S/c1-3-25-9-8-18-5-6-19(16-20(18)25)24-23(27)15-17-4-7-21(30-2)22(14-17)32(28,29)26-10-12-31-13-11-26/h4-7,14,16H,3,8-13,15H2,1-2H3,(H,24,27). The second kappa shape index (κ2) is 9.48. The fraction of sp³-hybridized carbons (Fsp3) is 0.435. The van der Waals surface area contributed by atoms with Gasteiger partial charge >= 0.3 is 0 Å². The third-order valence-corrected chi connectivity index (χ3v) is 7.84. The molecule has 1 N–H and O–H groups in total. The predicted octanol–water partition coefficient (Wildman–Crippen LogP) is 2.28. The molecule has 4 rings (SSSR count). The third kappa shape index (κ3) is 4.60. The number of nitrogens with one attached hydrogen (secondary N) is 1. The molecule has 0 spiro atoms. The Hall–Kier alpha value is -2.62. The van der Waals surface area contributed by atoms with Crippen LogP contribution >= 0.6 is 0 Å². The van der Waals surface area contributed by atoms with Crippen molar-refractivity contribution in [2.75, 3.05) is 56.7 Å². The van der Waals surface area contributed by atoms with Crippen LogP contribution in [0.1, 0.15) is 18.1 Å². The minimum Gasteiger partial charge on any atom is -0.495 e. The van der Waals surface area contributed by atoms with Crippen molar-refractivity contribution in [3.05, 3.63) is 47.5 Å². The number of rotatable bonds is 7. The molecule has 0 bridgehead atoms. The molecule has 1 fully saturated rings. The van der Waals surface area contributed by atoms with E-state index >= 15 is 0 Å². The Morgan fingerprint density at radius 3 is 2.62 bits per heavy atom. The largest absolute Gasteiger partial charge is 0.495 e. The number of nitrogens with zero attached hydrogens (tertiary/aromatic N) is 2. The quantitative estimate of drug-likeness (QED) is 0.684. The second-order valence-corrected chi connectivity index (χ2v) is 9.81. The number of morpholine rings is 1. The van der Waals surface area contributed by atoms with Crippen molar-refractivity contribution in [1.29, 1.82) is 0 Å². The van der Waals surface area contributed by atoms with Crippen molar-refractivity contribution in [2.24, 2.45) is 0 Å². The average Bonchev–Trinajstić information content (AvgIpc) is 3.22. The van der Waals surface area contributed by atoms with Crippen LogP contribution in [0.25, 0.3) is 0 Å². The van der Waals surface area contributed by atoms with E-state index in [1.165, 1.54) is 23.0 Å². The molecule has 2 aliphatic heterocycles. The lowest BCUT2D eigenvalue weighted by atomic mass is 10.1. The fourth-order valence-corrected chi connectivity index (χ4v) is 5.81. The molecule has 0 radical (unpaired) electrons. The summed E-state index contributed by atoms with van der Waals surface area (Å²) in [7, 11) is -2.31. The summed E-state index contributed by atoms with van der Waals surface area (Å²) in [6.45, 7) is 5.35. The molecule has 0 unspecified atom stereocenters. The number of likely N-dealkylation sites (N-methyl/N-ethyl adjacent to an activating group) is 1. The van der Waals surface area contributed by atoms with Crippen molar-refractivity contribution in [2.45, 2.75) is 24.7 Å². The number of carbonyl (C=O) groups is 1. The lowest BCUT2D eigenvalue weighted by Crippen LogP contribution is -2.40. The van der Waals surface area contributed by atoms with Crippen LogP contribution in [-0.2, 0) is 32.4 Å². The maximum absolute atomic E-state index is 13.1. The minimum absolute atomic E-state index is 0.0597. The molecule has 0 aliphatic carbocycles. The van der Waals surface area contributed by atoms with E-state index in [9.17, 15) is 13.2 Å². The first kappa shape index (κ1) is 22.6. The number of hydrogen-bond donors (Lipinski definition) is 1. The number of hydrogen-bond acceptors (Lipinski definition) is 6. The van der Waals surface area contributed by atoms with Crippen LogP contribution in [0.4, 0.5) is 11.4 Å². The molecule has 8 nitrogen and oxygen atoms in total. The number of anilines is 2. The van der Waals surface area contributed by atoms with Gasteiger partial charge in [-0.25, -0.2) is 8.42 Å². The zero-order chi connectivity index (χ0) is 22.7. The normalized spacial score (nSPS) is 16.6. The van der Waals surface area contributed by atoms with Gasteiger partial charge < -0.3 is 19.7 Å². The maximum atomic E-state index is 13.1. The molecule has 0 atom stereocenters. The zero-order valence-electron chi connectivity index (χ0n) is 18.5. The summed E-state index contributed by atoms with van der Waals surface area (Å²) in [5, 5.41) is 2.94. The molecule has 2 aromatic rings. The highest BCUT2D eigenvalue weighted by molar-refractivity contribution is 7.89. The number of amides is 1. The van der Waals surface area contributed by atoms with E-state index in [2.05, 4.69) is 23.2 Å². The summed E-state index contributed by atoms with van der Waals surface area (Å²) in [5.74, 6) is 0.0600.